The van der Waals surface area contributed by atoms with Crippen molar-refractivity contribution in [3.63, 3.8) is 0 Å². The maximum Gasteiger partial charge on any atom is 0.269 e. The number of carbonyl (C=O) groups excluding carboxylic acids is 1. The molecule has 1 saturated heterocycles. The molecule has 6 nitrogen and oxygen atoms in total. The third kappa shape index (κ3) is 2.72. The Kier molecular flexibility index (Phi) is 3.77. The molecule has 1 aliphatic heterocycles. The van der Waals surface area contributed by atoms with E-state index in [9.17, 15) is 4.79 Å². The number of rotatable bonds is 3. The number of hydrogen-bond donors (Lipinski definition) is 1. The van der Waals surface area contributed by atoms with Crippen molar-refractivity contribution in [3.8, 4) is 0 Å². The number of anilines is 1. The lowest BCUT2D eigenvalue weighted by Crippen LogP contribution is -2.11. The molecule has 2 aromatic heterocycles. The Morgan fingerprint density at radius 1 is 1.35 bits per heavy atom. The predicted octanol–water partition coefficient (Wildman–Crippen LogP) is 2.72. The first-order chi connectivity index (χ1) is 9.63. The van der Waals surface area contributed by atoms with Gasteiger partial charge in [-0.3, -0.25) is 10.1 Å². The lowest BCUT2D eigenvalue weighted by molar-refractivity contribution is 0.102. The van der Waals surface area contributed by atoms with E-state index >= 15 is 0 Å². The van der Waals surface area contributed by atoms with Crippen LogP contribution in [0.15, 0.2) is 0 Å². The van der Waals surface area contributed by atoms with Gasteiger partial charge in [0.25, 0.3) is 5.91 Å². The third-order valence-corrected chi connectivity index (χ3v) is 4.98. The van der Waals surface area contributed by atoms with Gasteiger partial charge in [-0.2, -0.15) is 0 Å². The molecule has 0 aliphatic carbocycles. The van der Waals surface area contributed by atoms with E-state index in [0.29, 0.717) is 10.0 Å². The molecule has 1 amide bonds. The van der Waals surface area contributed by atoms with E-state index < -0.39 is 0 Å². The Morgan fingerprint density at radius 2 is 2.20 bits per heavy atom. The van der Waals surface area contributed by atoms with Crippen molar-refractivity contribution in [1.82, 2.24) is 15.2 Å². The number of nitrogens with one attached hydrogen (secondary N) is 1. The summed E-state index contributed by atoms with van der Waals surface area (Å²) in [6, 6.07) is 0. The quantitative estimate of drug-likeness (QED) is 0.943. The van der Waals surface area contributed by atoms with Gasteiger partial charge in [-0.15, -0.1) is 21.5 Å². The number of thiazole rings is 1. The minimum Gasteiger partial charge on any atom is -0.371 e. The number of nitrogens with zero attached hydrogens (tertiary/aromatic N) is 3. The smallest absolute Gasteiger partial charge is 0.269 e. The molecule has 1 unspecified atom stereocenters. The normalized spacial score (nSPS) is 18.4. The molecule has 0 aromatic carbocycles. The molecular weight excluding hydrogens is 296 g/mol. The summed E-state index contributed by atoms with van der Waals surface area (Å²) in [5.41, 5.74) is 0.744. The summed E-state index contributed by atoms with van der Waals surface area (Å²) < 4.78 is 5.55. The zero-order chi connectivity index (χ0) is 14.1. The third-order valence-electron chi connectivity index (χ3n) is 2.98. The Morgan fingerprint density at radius 3 is 2.85 bits per heavy atom. The molecule has 8 heteroatoms. The van der Waals surface area contributed by atoms with Crippen LogP contribution in [0.2, 0.25) is 0 Å². The van der Waals surface area contributed by atoms with Crippen molar-refractivity contribution in [2.75, 3.05) is 11.9 Å². The number of carbonyl (C=O) groups is 1. The van der Waals surface area contributed by atoms with E-state index in [2.05, 4.69) is 20.5 Å². The van der Waals surface area contributed by atoms with Crippen LogP contribution >= 0.6 is 22.7 Å². The molecule has 1 aliphatic rings. The van der Waals surface area contributed by atoms with Gasteiger partial charge in [-0.25, -0.2) is 4.98 Å². The van der Waals surface area contributed by atoms with Crippen LogP contribution in [0.1, 0.15) is 44.3 Å². The monoisotopic (exact) mass is 310 g/mol. The molecule has 1 N–H and O–H groups in total. The van der Waals surface area contributed by atoms with Gasteiger partial charge in [0.1, 0.15) is 16.0 Å². The first-order valence-corrected chi connectivity index (χ1v) is 7.97. The van der Waals surface area contributed by atoms with Gasteiger partial charge < -0.3 is 4.74 Å². The number of aromatic nitrogens is 3. The number of aryl methyl sites for hydroxylation is 2. The molecule has 2 aromatic rings. The molecule has 0 spiro atoms. The maximum atomic E-state index is 12.1. The maximum absolute atomic E-state index is 12.1. The van der Waals surface area contributed by atoms with Crippen LogP contribution in [-0.4, -0.2) is 27.7 Å². The van der Waals surface area contributed by atoms with Gasteiger partial charge in [0.05, 0.1) is 10.7 Å². The first-order valence-electron chi connectivity index (χ1n) is 6.34. The van der Waals surface area contributed by atoms with Crippen LogP contribution in [0.3, 0.4) is 0 Å². The topological polar surface area (TPSA) is 77.0 Å². The summed E-state index contributed by atoms with van der Waals surface area (Å²) in [4.78, 5) is 17.0. The number of amides is 1. The standard InChI is InChI=1S/C12H14N4O2S2/c1-6-9(19-7(2)13-6)10(17)14-12-16-15-11(20-12)8-4-3-5-18-8/h8H,3-5H2,1-2H3,(H,14,16,17). The van der Waals surface area contributed by atoms with E-state index in [4.69, 9.17) is 4.74 Å². The van der Waals surface area contributed by atoms with Crippen molar-refractivity contribution in [3.05, 3.63) is 20.6 Å². The second kappa shape index (κ2) is 5.55. The highest BCUT2D eigenvalue weighted by atomic mass is 32.1. The van der Waals surface area contributed by atoms with Crippen LogP contribution in [0, 0.1) is 13.8 Å². The average Bonchev–Trinajstić information content (AvgIpc) is 3.09. The average molecular weight is 310 g/mol. The summed E-state index contributed by atoms with van der Waals surface area (Å²) in [7, 11) is 0. The van der Waals surface area contributed by atoms with E-state index in [0.717, 1.165) is 35.2 Å². The Labute approximate surface area is 124 Å². The van der Waals surface area contributed by atoms with Crippen LogP contribution in [0.5, 0.6) is 0 Å². The molecule has 106 valence electrons. The van der Waals surface area contributed by atoms with Gasteiger partial charge in [0.2, 0.25) is 5.13 Å². The fourth-order valence-corrected chi connectivity index (χ4v) is 3.72. The Balaban J connectivity index is 1.71. The summed E-state index contributed by atoms with van der Waals surface area (Å²) >= 11 is 2.75. The SMILES string of the molecule is Cc1nc(C)c(C(=O)Nc2nnc(C3CCCO3)s2)s1. The van der Waals surface area contributed by atoms with Gasteiger partial charge >= 0.3 is 0 Å². The Hall–Kier alpha value is -1.38. The van der Waals surface area contributed by atoms with E-state index in [1.165, 1.54) is 22.7 Å². The molecule has 0 radical (unpaired) electrons. The summed E-state index contributed by atoms with van der Waals surface area (Å²) in [6.45, 7) is 4.48. The van der Waals surface area contributed by atoms with Crippen LogP contribution in [0.4, 0.5) is 5.13 Å². The minimum atomic E-state index is -0.178. The molecule has 0 saturated carbocycles. The summed E-state index contributed by atoms with van der Waals surface area (Å²) in [5, 5.41) is 13.1. The first kappa shape index (κ1) is 13.6. The fraction of sp³-hybridized carbons (Fsp3) is 0.500. The van der Waals surface area contributed by atoms with Gasteiger partial charge in [-0.05, 0) is 26.7 Å². The largest absolute Gasteiger partial charge is 0.371 e. The van der Waals surface area contributed by atoms with Crippen LogP contribution in [0.25, 0.3) is 0 Å². The highest BCUT2D eigenvalue weighted by Crippen LogP contribution is 2.32. The molecular formula is C12H14N4O2S2. The molecule has 0 bridgehead atoms. The molecule has 1 atom stereocenters. The number of ether oxygens (including phenoxy) is 1. The molecule has 1 fully saturated rings. The van der Waals surface area contributed by atoms with Crippen molar-refractivity contribution < 1.29 is 9.53 Å². The highest BCUT2D eigenvalue weighted by Gasteiger charge is 2.23. The highest BCUT2D eigenvalue weighted by molar-refractivity contribution is 7.16. The Bertz CT molecular complexity index is 631. The van der Waals surface area contributed by atoms with Crippen molar-refractivity contribution in [1.29, 1.82) is 0 Å². The lowest BCUT2D eigenvalue weighted by Gasteiger charge is -2.02. The summed E-state index contributed by atoms with van der Waals surface area (Å²) in [5.74, 6) is -0.178. The van der Waals surface area contributed by atoms with E-state index in [-0.39, 0.29) is 12.0 Å². The predicted molar refractivity (Wildman–Crippen MR) is 77.4 cm³/mol. The van der Waals surface area contributed by atoms with E-state index in [1.54, 1.807) is 0 Å². The second-order valence-corrected chi connectivity index (χ2v) is 6.76. The van der Waals surface area contributed by atoms with Gasteiger partial charge in [0, 0.05) is 6.61 Å². The van der Waals surface area contributed by atoms with Crippen molar-refractivity contribution in [2.24, 2.45) is 0 Å². The molecule has 3 heterocycles. The van der Waals surface area contributed by atoms with Crippen LogP contribution in [-0.2, 0) is 4.74 Å². The minimum absolute atomic E-state index is 0.0329. The molecule has 20 heavy (non-hydrogen) atoms. The van der Waals surface area contributed by atoms with Crippen LogP contribution < -0.4 is 5.32 Å². The zero-order valence-electron chi connectivity index (χ0n) is 11.2. The second-order valence-electron chi connectivity index (χ2n) is 4.55. The fourth-order valence-electron chi connectivity index (χ4n) is 2.08. The van der Waals surface area contributed by atoms with Crippen molar-refractivity contribution >= 4 is 33.7 Å². The lowest BCUT2D eigenvalue weighted by atomic mass is 10.2. The zero-order valence-corrected chi connectivity index (χ0v) is 12.8. The van der Waals surface area contributed by atoms with Gasteiger partial charge in [0.15, 0.2) is 0 Å². The van der Waals surface area contributed by atoms with E-state index in [1.807, 2.05) is 13.8 Å². The summed E-state index contributed by atoms with van der Waals surface area (Å²) in [6.07, 6.45) is 2.05. The molecule has 3 rings (SSSR count). The van der Waals surface area contributed by atoms with Gasteiger partial charge in [-0.1, -0.05) is 11.3 Å². The van der Waals surface area contributed by atoms with Crippen molar-refractivity contribution in [2.45, 2.75) is 32.8 Å². The number of hydrogen-bond acceptors (Lipinski definition) is 7.